The Labute approximate surface area is 157 Å². The highest BCUT2D eigenvalue weighted by atomic mass is 35.5. The summed E-state index contributed by atoms with van der Waals surface area (Å²) in [4.78, 5) is 13.9. The molecular formula is C16H12Cl2N6S. The normalized spacial score (nSPS) is 11.2. The minimum Gasteiger partial charge on any atom is -0.291 e. The van der Waals surface area contributed by atoms with Crippen molar-refractivity contribution >= 4 is 51.4 Å². The van der Waals surface area contributed by atoms with Gasteiger partial charge < -0.3 is 0 Å². The number of aromatic nitrogens is 5. The van der Waals surface area contributed by atoms with Crippen molar-refractivity contribution in [3.8, 4) is 11.3 Å². The van der Waals surface area contributed by atoms with Gasteiger partial charge in [0.1, 0.15) is 0 Å². The molecular weight excluding hydrogens is 379 g/mol. The Morgan fingerprint density at radius 3 is 2.52 bits per heavy atom. The number of hydrogen-bond acceptors (Lipinski definition) is 6. The molecule has 0 fully saturated rings. The summed E-state index contributed by atoms with van der Waals surface area (Å²) < 4.78 is 1.73. The lowest BCUT2D eigenvalue weighted by atomic mass is 10.2. The summed E-state index contributed by atoms with van der Waals surface area (Å²) in [5.74, 6) is 0.898. The second-order valence-corrected chi connectivity index (χ2v) is 7.15. The fourth-order valence-corrected chi connectivity index (χ4v) is 3.70. The molecule has 0 saturated heterocycles. The number of rotatable bonds is 3. The van der Waals surface area contributed by atoms with Crippen molar-refractivity contribution in [1.82, 2.24) is 24.6 Å². The van der Waals surface area contributed by atoms with E-state index in [0.29, 0.717) is 21.9 Å². The van der Waals surface area contributed by atoms with Crippen molar-refractivity contribution in [3.05, 3.63) is 51.1 Å². The molecule has 0 aliphatic rings. The van der Waals surface area contributed by atoms with E-state index in [0.717, 1.165) is 27.6 Å². The standard InChI is InChI=1S/C16H12Cl2N6S/c1-8-5-9(2)20-14(19-8)21-15-22-16-24(23-15)13(7-25-16)11-6-10(17)3-4-12(11)18/h3-7H,1-2H3,(H,19,20,21,23). The van der Waals surface area contributed by atoms with Crippen molar-refractivity contribution in [2.45, 2.75) is 13.8 Å². The van der Waals surface area contributed by atoms with E-state index < -0.39 is 0 Å². The SMILES string of the molecule is Cc1cc(C)nc(Nc2nc3scc(-c4cc(Cl)ccc4Cl)n3n2)n1. The quantitative estimate of drug-likeness (QED) is 0.537. The van der Waals surface area contributed by atoms with Crippen LogP contribution in [0.3, 0.4) is 0 Å². The van der Waals surface area contributed by atoms with E-state index in [2.05, 4.69) is 25.4 Å². The largest absolute Gasteiger partial charge is 0.291 e. The summed E-state index contributed by atoms with van der Waals surface area (Å²) in [6, 6.07) is 7.24. The number of aryl methyl sites for hydroxylation is 2. The van der Waals surface area contributed by atoms with E-state index in [1.165, 1.54) is 11.3 Å². The molecule has 25 heavy (non-hydrogen) atoms. The Kier molecular flexibility index (Phi) is 4.07. The summed E-state index contributed by atoms with van der Waals surface area (Å²) in [6.07, 6.45) is 0. The molecule has 4 rings (SSSR count). The first-order valence-corrected chi connectivity index (χ1v) is 9.02. The highest BCUT2D eigenvalue weighted by Crippen LogP contribution is 2.33. The lowest BCUT2D eigenvalue weighted by Crippen LogP contribution is -2.01. The Morgan fingerprint density at radius 2 is 1.76 bits per heavy atom. The fourth-order valence-electron chi connectivity index (χ4n) is 2.50. The van der Waals surface area contributed by atoms with E-state index in [1.807, 2.05) is 31.4 Å². The van der Waals surface area contributed by atoms with E-state index >= 15 is 0 Å². The molecule has 3 heterocycles. The highest BCUT2D eigenvalue weighted by Gasteiger charge is 2.15. The van der Waals surface area contributed by atoms with Crippen molar-refractivity contribution in [1.29, 1.82) is 0 Å². The molecule has 9 heteroatoms. The highest BCUT2D eigenvalue weighted by molar-refractivity contribution is 7.15. The molecule has 0 bridgehead atoms. The molecule has 0 amide bonds. The van der Waals surface area contributed by atoms with Crippen LogP contribution in [0.5, 0.6) is 0 Å². The third-order valence-electron chi connectivity index (χ3n) is 3.49. The lowest BCUT2D eigenvalue weighted by Gasteiger charge is -2.03. The number of hydrogen-bond donors (Lipinski definition) is 1. The molecule has 0 radical (unpaired) electrons. The third kappa shape index (κ3) is 3.18. The van der Waals surface area contributed by atoms with Gasteiger partial charge in [-0.2, -0.15) is 4.98 Å². The van der Waals surface area contributed by atoms with E-state index in [4.69, 9.17) is 23.2 Å². The first-order valence-electron chi connectivity index (χ1n) is 7.38. The van der Waals surface area contributed by atoms with Gasteiger partial charge in [-0.15, -0.1) is 16.4 Å². The van der Waals surface area contributed by atoms with Crippen LogP contribution in [0.4, 0.5) is 11.9 Å². The Bertz CT molecular complexity index is 1070. The van der Waals surface area contributed by atoms with Crippen molar-refractivity contribution < 1.29 is 0 Å². The van der Waals surface area contributed by atoms with Crippen LogP contribution in [-0.2, 0) is 0 Å². The van der Waals surface area contributed by atoms with Gasteiger partial charge in [-0.05, 0) is 38.1 Å². The van der Waals surface area contributed by atoms with Gasteiger partial charge in [0.15, 0.2) is 0 Å². The van der Waals surface area contributed by atoms with Crippen LogP contribution in [0.25, 0.3) is 16.2 Å². The number of nitrogens with zero attached hydrogens (tertiary/aromatic N) is 5. The van der Waals surface area contributed by atoms with Gasteiger partial charge in [0.05, 0.1) is 10.7 Å². The minimum atomic E-state index is 0.427. The summed E-state index contributed by atoms with van der Waals surface area (Å²) in [6.45, 7) is 3.83. The van der Waals surface area contributed by atoms with Crippen LogP contribution < -0.4 is 5.32 Å². The molecule has 0 atom stereocenters. The van der Waals surface area contributed by atoms with Crippen LogP contribution in [0.2, 0.25) is 10.0 Å². The maximum Gasteiger partial charge on any atom is 0.250 e. The summed E-state index contributed by atoms with van der Waals surface area (Å²) in [5.41, 5.74) is 3.39. The number of thiazole rings is 1. The van der Waals surface area contributed by atoms with Gasteiger partial charge in [0.2, 0.25) is 10.9 Å². The maximum atomic E-state index is 6.31. The Balaban J connectivity index is 1.74. The molecule has 1 N–H and O–H groups in total. The van der Waals surface area contributed by atoms with Crippen molar-refractivity contribution in [2.24, 2.45) is 0 Å². The smallest absolute Gasteiger partial charge is 0.250 e. The summed E-state index contributed by atoms with van der Waals surface area (Å²) >= 11 is 13.9. The zero-order chi connectivity index (χ0) is 17.6. The minimum absolute atomic E-state index is 0.427. The molecule has 126 valence electrons. The van der Waals surface area contributed by atoms with Crippen molar-refractivity contribution in [3.63, 3.8) is 0 Å². The fraction of sp³-hybridized carbons (Fsp3) is 0.125. The topological polar surface area (TPSA) is 68.0 Å². The zero-order valence-corrected chi connectivity index (χ0v) is 15.6. The molecule has 0 spiro atoms. The summed E-state index contributed by atoms with van der Waals surface area (Å²) in [7, 11) is 0. The lowest BCUT2D eigenvalue weighted by molar-refractivity contribution is 0.978. The van der Waals surface area contributed by atoms with Gasteiger partial charge in [-0.1, -0.05) is 23.2 Å². The average Bonchev–Trinajstić information content (AvgIpc) is 3.08. The maximum absolute atomic E-state index is 6.31. The molecule has 0 unspecified atom stereocenters. The number of anilines is 2. The van der Waals surface area contributed by atoms with Gasteiger partial charge in [-0.25, -0.2) is 14.5 Å². The Morgan fingerprint density at radius 1 is 1.00 bits per heavy atom. The molecule has 0 saturated carbocycles. The van der Waals surface area contributed by atoms with Crippen LogP contribution >= 0.6 is 34.5 Å². The first-order chi connectivity index (χ1) is 12.0. The van der Waals surface area contributed by atoms with E-state index in [9.17, 15) is 0 Å². The molecule has 0 aliphatic heterocycles. The number of halogens is 2. The van der Waals surface area contributed by atoms with Crippen LogP contribution in [-0.4, -0.2) is 24.6 Å². The number of benzene rings is 1. The zero-order valence-electron chi connectivity index (χ0n) is 13.3. The number of nitrogens with one attached hydrogen (secondary N) is 1. The Hall–Kier alpha value is -2.22. The van der Waals surface area contributed by atoms with Gasteiger partial charge in [0.25, 0.3) is 5.95 Å². The second kappa shape index (κ2) is 6.25. The summed E-state index contributed by atoms with van der Waals surface area (Å²) in [5, 5.41) is 10.7. The molecule has 4 aromatic rings. The average molecular weight is 391 g/mol. The molecule has 1 aromatic carbocycles. The van der Waals surface area contributed by atoms with Gasteiger partial charge >= 0.3 is 0 Å². The molecule has 6 nitrogen and oxygen atoms in total. The second-order valence-electron chi connectivity index (χ2n) is 5.47. The molecule has 3 aromatic heterocycles. The van der Waals surface area contributed by atoms with Crippen LogP contribution in [0.1, 0.15) is 11.4 Å². The molecule has 0 aliphatic carbocycles. The van der Waals surface area contributed by atoms with Crippen LogP contribution in [0.15, 0.2) is 29.6 Å². The monoisotopic (exact) mass is 390 g/mol. The van der Waals surface area contributed by atoms with Crippen LogP contribution in [0, 0.1) is 13.8 Å². The van der Waals surface area contributed by atoms with Gasteiger partial charge in [0, 0.05) is 27.4 Å². The van der Waals surface area contributed by atoms with E-state index in [-0.39, 0.29) is 0 Å². The predicted molar refractivity (Wildman–Crippen MR) is 101 cm³/mol. The number of fused-ring (bicyclic) bond motifs is 1. The van der Waals surface area contributed by atoms with Crippen molar-refractivity contribution in [2.75, 3.05) is 5.32 Å². The van der Waals surface area contributed by atoms with E-state index in [1.54, 1.807) is 16.6 Å². The first kappa shape index (κ1) is 16.3. The predicted octanol–water partition coefficient (Wildman–Crippen LogP) is 4.92. The third-order valence-corrected chi connectivity index (χ3v) is 4.87. The van der Waals surface area contributed by atoms with Gasteiger partial charge in [-0.3, -0.25) is 5.32 Å².